The molecule has 2 aromatic carbocycles. The van der Waals surface area contributed by atoms with Crippen LogP contribution in [0.15, 0.2) is 42.5 Å². The lowest BCUT2D eigenvalue weighted by Crippen LogP contribution is -2.43. The van der Waals surface area contributed by atoms with Gasteiger partial charge in [-0.05, 0) is 23.3 Å². The number of imide groups is 1. The molecule has 0 radical (unpaired) electrons. The number of benzene rings is 2. The first-order valence-corrected chi connectivity index (χ1v) is 8.35. The number of carbonyl (C=O) groups is 3. The number of hydrogen-bond donors (Lipinski definition) is 2. The van der Waals surface area contributed by atoms with Gasteiger partial charge in [-0.1, -0.05) is 42.5 Å². The average Bonchev–Trinajstić information content (AvgIpc) is 2.85. The minimum atomic E-state index is -1.22. The Labute approximate surface area is 151 Å². The Morgan fingerprint density at radius 1 is 1.19 bits per heavy atom. The van der Waals surface area contributed by atoms with Crippen LogP contribution in [0.25, 0.3) is 10.8 Å². The van der Waals surface area contributed by atoms with Gasteiger partial charge in [0, 0.05) is 13.7 Å². The molecule has 1 atom stereocenters. The van der Waals surface area contributed by atoms with Crippen LogP contribution in [0.2, 0.25) is 0 Å². The van der Waals surface area contributed by atoms with Crippen LogP contribution in [-0.2, 0) is 19.9 Å². The topological polar surface area (TPSA) is 87.7 Å². The molecule has 7 nitrogen and oxygen atoms in total. The first kappa shape index (κ1) is 17.9. The highest BCUT2D eigenvalue weighted by molar-refractivity contribution is 6.10. The predicted molar refractivity (Wildman–Crippen MR) is 96.4 cm³/mol. The minimum absolute atomic E-state index is 0.319. The van der Waals surface area contributed by atoms with E-state index >= 15 is 0 Å². The molecule has 7 heteroatoms. The van der Waals surface area contributed by atoms with E-state index in [1.165, 1.54) is 7.11 Å². The van der Waals surface area contributed by atoms with Gasteiger partial charge in [0.2, 0.25) is 5.91 Å². The second-order valence-corrected chi connectivity index (χ2v) is 6.32. The number of nitrogens with zero attached hydrogens (tertiary/aromatic N) is 1. The molecule has 2 aromatic rings. The summed E-state index contributed by atoms with van der Waals surface area (Å²) >= 11 is 0. The summed E-state index contributed by atoms with van der Waals surface area (Å²) in [5, 5.41) is 7.22. The van der Waals surface area contributed by atoms with Crippen LogP contribution in [-0.4, -0.2) is 49.6 Å². The first-order valence-electron chi connectivity index (χ1n) is 8.35. The molecule has 1 aliphatic heterocycles. The van der Waals surface area contributed by atoms with Gasteiger partial charge >= 0.3 is 6.03 Å². The van der Waals surface area contributed by atoms with Gasteiger partial charge in [0.1, 0.15) is 12.1 Å². The maximum absolute atomic E-state index is 13.0. The summed E-state index contributed by atoms with van der Waals surface area (Å²) in [7, 11) is 1.53. The highest BCUT2D eigenvalue weighted by Gasteiger charge is 2.50. The number of hydrogen-bond acceptors (Lipinski definition) is 4. The van der Waals surface area contributed by atoms with Crippen molar-refractivity contribution in [3.05, 3.63) is 48.0 Å². The van der Waals surface area contributed by atoms with Crippen molar-refractivity contribution in [2.45, 2.75) is 12.5 Å². The van der Waals surface area contributed by atoms with E-state index in [2.05, 4.69) is 10.6 Å². The third-order valence-electron chi connectivity index (χ3n) is 4.53. The number of ether oxygens (including phenoxy) is 1. The summed E-state index contributed by atoms with van der Waals surface area (Å²) in [6.07, 6.45) is 0. The van der Waals surface area contributed by atoms with Crippen molar-refractivity contribution in [3.63, 3.8) is 0 Å². The summed E-state index contributed by atoms with van der Waals surface area (Å²) in [6, 6.07) is 12.7. The number of carbonyl (C=O) groups excluding carboxylic acids is 3. The Balaban J connectivity index is 1.86. The molecule has 0 spiro atoms. The monoisotopic (exact) mass is 355 g/mol. The third kappa shape index (κ3) is 3.13. The van der Waals surface area contributed by atoms with Gasteiger partial charge in [-0.15, -0.1) is 0 Å². The van der Waals surface area contributed by atoms with Crippen LogP contribution in [0.4, 0.5) is 4.79 Å². The molecule has 0 saturated carbocycles. The molecule has 0 aliphatic carbocycles. The van der Waals surface area contributed by atoms with Crippen molar-refractivity contribution >= 4 is 28.6 Å². The lowest BCUT2D eigenvalue weighted by atomic mass is 9.88. The summed E-state index contributed by atoms with van der Waals surface area (Å²) < 4.78 is 4.86. The minimum Gasteiger partial charge on any atom is -0.383 e. The van der Waals surface area contributed by atoms with E-state index in [0.717, 1.165) is 15.7 Å². The Morgan fingerprint density at radius 3 is 2.69 bits per heavy atom. The maximum atomic E-state index is 13.0. The molecule has 1 aliphatic rings. The van der Waals surface area contributed by atoms with Gasteiger partial charge in [-0.2, -0.15) is 0 Å². The van der Waals surface area contributed by atoms with Crippen molar-refractivity contribution in [1.29, 1.82) is 0 Å². The van der Waals surface area contributed by atoms with Crippen molar-refractivity contribution in [1.82, 2.24) is 15.5 Å². The van der Waals surface area contributed by atoms with Crippen molar-refractivity contribution in [2.75, 3.05) is 26.8 Å². The molecule has 2 N–H and O–H groups in total. The van der Waals surface area contributed by atoms with E-state index in [1.807, 2.05) is 42.5 Å². The largest absolute Gasteiger partial charge is 0.383 e. The molecule has 136 valence electrons. The Hall–Kier alpha value is -2.93. The normalized spacial score (nSPS) is 19.7. The van der Waals surface area contributed by atoms with Crippen LogP contribution in [0, 0.1) is 0 Å². The number of urea groups is 1. The van der Waals surface area contributed by atoms with Crippen molar-refractivity contribution in [2.24, 2.45) is 0 Å². The van der Waals surface area contributed by atoms with E-state index in [4.69, 9.17) is 4.74 Å². The van der Waals surface area contributed by atoms with E-state index in [9.17, 15) is 14.4 Å². The fourth-order valence-electron chi connectivity index (χ4n) is 3.18. The van der Waals surface area contributed by atoms with Gasteiger partial charge in [-0.25, -0.2) is 4.79 Å². The quantitative estimate of drug-likeness (QED) is 0.605. The third-order valence-corrected chi connectivity index (χ3v) is 4.53. The number of rotatable bonds is 6. The first-order chi connectivity index (χ1) is 12.5. The Bertz CT molecular complexity index is 861. The van der Waals surface area contributed by atoms with Gasteiger partial charge in [-0.3, -0.25) is 14.5 Å². The molecule has 4 amide bonds. The molecule has 3 rings (SSSR count). The van der Waals surface area contributed by atoms with E-state index in [0.29, 0.717) is 18.7 Å². The zero-order chi connectivity index (χ0) is 18.7. The molecule has 0 bridgehead atoms. The van der Waals surface area contributed by atoms with Crippen LogP contribution < -0.4 is 10.6 Å². The highest BCUT2D eigenvalue weighted by Crippen LogP contribution is 2.33. The summed E-state index contributed by atoms with van der Waals surface area (Å²) in [4.78, 5) is 38.3. The Morgan fingerprint density at radius 2 is 1.92 bits per heavy atom. The molecule has 1 heterocycles. The number of methoxy groups -OCH3 is 1. The molecule has 1 fully saturated rings. The molecule has 0 unspecified atom stereocenters. The van der Waals surface area contributed by atoms with Gasteiger partial charge in [0.25, 0.3) is 5.91 Å². The Kier molecular flexibility index (Phi) is 4.90. The van der Waals surface area contributed by atoms with Gasteiger partial charge < -0.3 is 15.4 Å². The second-order valence-electron chi connectivity index (χ2n) is 6.32. The lowest BCUT2D eigenvalue weighted by molar-refractivity contribution is -0.134. The number of nitrogens with one attached hydrogen (secondary N) is 2. The number of amides is 4. The standard InChI is InChI=1S/C19H21N3O4/c1-19(15-9-5-7-13-6-3-4-8-14(13)15)17(24)22(18(25)21-19)12-16(23)20-10-11-26-2/h3-9H,10-12H2,1-2H3,(H,20,23)(H,21,25)/t19-/m1/s1. The van der Waals surface area contributed by atoms with E-state index in [1.54, 1.807) is 6.92 Å². The average molecular weight is 355 g/mol. The van der Waals surface area contributed by atoms with Crippen molar-refractivity contribution < 1.29 is 19.1 Å². The molecular formula is C19H21N3O4. The number of fused-ring (bicyclic) bond motifs is 1. The lowest BCUT2D eigenvalue weighted by Gasteiger charge is -2.24. The van der Waals surface area contributed by atoms with Crippen LogP contribution in [0.5, 0.6) is 0 Å². The van der Waals surface area contributed by atoms with Crippen LogP contribution in [0.3, 0.4) is 0 Å². The highest BCUT2D eigenvalue weighted by atomic mass is 16.5. The molecule has 26 heavy (non-hydrogen) atoms. The second kappa shape index (κ2) is 7.13. The van der Waals surface area contributed by atoms with Crippen LogP contribution >= 0.6 is 0 Å². The molecule has 1 saturated heterocycles. The van der Waals surface area contributed by atoms with Crippen LogP contribution in [0.1, 0.15) is 12.5 Å². The summed E-state index contributed by atoms with van der Waals surface area (Å²) in [6.45, 7) is 2.02. The van der Waals surface area contributed by atoms with Gasteiger partial charge in [0.05, 0.1) is 6.61 Å². The molecule has 0 aromatic heterocycles. The summed E-state index contributed by atoms with van der Waals surface area (Å²) in [5.41, 5.74) is -0.513. The zero-order valence-corrected chi connectivity index (χ0v) is 14.7. The van der Waals surface area contributed by atoms with Crippen molar-refractivity contribution in [3.8, 4) is 0 Å². The summed E-state index contributed by atoms with van der Waals surface area (Å²) in [5.74, 6) is -0.853. The smallest absolute Gasteiger partial charge is 0.325 e. The SMILES string of the molecule is COCCNC(=O)CN1C(=O)N[C@](C)(c2cccc3ccccc23)C1=O. The van der Waals surface area contributed by atoms with E-state index < -0.39 is 23.4 Å². The zero-order valence-electron chi connectivity index (χ0n) is 14.7. The van der Waals surface area contributed by atoms with Gasteiger partial charge in [0.15, 0.2) is 0 Å². The van der Waals surface area contributed by atoms with E-state index in [-0.39, 0.29) is 6.54 Å². The predicted octanol–water partition coefficient (Wildman–Crippen LogP) is 1.37. The fourth-order valence-corrected chi connectivity index (χ4v) is 3.18. The molecular weight excluding hydrogens is 334 g/mol. The maximum Gasteiger partial charge on any atom is 0.325 e. The fraction of sp³-hybridized carbons (Fsp3) is 0.316.